The van der Waals surface area contributed by atoms with Crippen LogP contribution in [0.15, 0.2) is 12.1 Å². The summed E-state index contributed by atoms with van der Waals surface area (Å²) in [6.45, 7) is 16.0. The summed E-state index contributed by atoms with van der Waals surface area (Å²) in [5.74, 6) is 1.76. The number of rotatable bonds is 6. The average molecular weight is 401 g/mol. The van der Waals surface area contributed by atoms with Gasteiger partial charge in [-0.25, -0.2) is 9.97 Å². The zero-order chi connectivity index (χ0) is 19.7. The van der Waals surface area contributed by atoms with Crippen molar-refractivity contribution in [1.82, 2.24) is 14.5 Å². The Hall–Kier alpha value is -2.07. The minimum absolute atomic E-state index is 0. The van der Waals surface area contributed by atoms with Crippen molar-refractivity contribution >= 4 is 29.3 Å². The lowest BCUT2D eigenvalue weighted by molar-refractivity contribution is 0.756. The van der Waals surface area contributed by atoms with Crippen molar-refractivity contribution in [2.75, 3.05) is 11.9 Å². The second kappa shape index (κ2) is 8.95. The quantitative estimate of drug-likeness (QED) is 0.538. The predicted octanol–water partition coefficient (Wildman–Crippen LogP) is 6.16. The Bertz CT molecular complexity index is 965. The van der Waals surface area contributed by atoms with E-state index in [0.717, 1.165) is 35.6 Å². The third-order valence-electron chi connectivity index (χ3n) is 5.26. The molecule has 1 aromatic carbocycles. The van der Waals surface area contributed by atoms with E-state index in [2.05, 4.69) is 63.6 Å². The number of benzene rings is 1. The van der Waals surface area contributed by atoms with Crippen molar-refractivity contribution in [3.8, 4) is 5.69 Å². The van der Waals surface area contributed by atoms with Gasteiger partial charge in [-0.2, -0.15) is 0 Å². The van der Waals surface area contributed by atoms with E-state index in [9.17, 15) is 0 Å². The van der Waals surface area contributed by atoms with Gasteiger partial charge in [0.25, 0.3) is 0 Å². The standard InChI is InChI=1S/C23H32N4.ClH/c1-8-10-11-19-17(6)20-22(24-9-2)25-18(7)26-23(20)27(19)21-15(4)12-14(3)13-16(21)5;/h12-13H,8-11H2,1-7H3,(H,24,25,26);1H. The molecule has 0 aliphatic rings. The highest BCUT2D eigenvalue weighted by atomic mass is 35.5. The van der Waals surface area contributed by atoms with E-state index in [-0.39, 0.29) is 12.4 Å². The number of aromatic nitrogens is 3. The maximum atomic E-state index is 4.90. The summed E-state index contributed by atoms with van der Waals surface area (Å²) >= 11 is 0. The molecule has 0 amide bonds. The first kappa shape index (κ1) is 22.2. The zero-order valence-electron chi connectivity index (χ0n) is 18.2. The fourth-order valence-corrected chi connectivity index (χ4v) is 4.21. The summed E-state index contributed by atoms with van der Waals surface area (Å²) in [7, 11) is 0. The van der Waals surface area contributed by atoms with Gasteiger partial charge in [0, 0.05) is 12.2 Å². The molecular weight excluding hydrogens is 368 g/mol. The number of halogens is 1. The van der Waals surface area contributed by atoms with Crippen LogP contribution in [-0.2, 0) is 6.42 Å². The summed E-state index contributed by atoms with van der Waals surface area (Å²) < 4.78 is 2.40. The monoisotopic (exact) mass is 400 g/mol. The van der Waals surface area contributed by atoms with E-state index in [1.165, 1.54) is 46.5 Å². The molecule has 0 fully saturated rings. The summed E-state index contributed by atoms with van der Waals surface area (Å²) in [5, 5.41) is 4.61. The van der Waals surface area contributed by atoms with Crippen LogP contribution in [0.1, 0.15) is 60.5 Å². The summed E-state index contributed by atoms with van der Waals surface area (Å²) in [5.41, 5.74) is 8.85. The number of hydrogen-bond acceptors (Lipinski definition) is 3. The fourth-order valence-electron chi connectivity index (χ4n) is 4.21. The van der Waals surface area contributed by atoms with E-state index < -0.39 is 0 Å². The lowest BCUT2D eigenvalue weighted by Crippen LogP contribution is -2.08. The Morgan fingerprint density at radius 3 is 2.18 bits per heavy atom. The molecular formula is C23H33ClN4. The molecule has 3 aromatic rings. The van der Waals surface area contributed by atoms with Crippen LogP contribution in [-0.4, -0.2) is 21.1 Å². The summed E-state index contributed by atoms with van der Waals surface area (Å²) in [6, 6.07) is 4.54. The molecule has 1 N–H and O–H groups in total. The molecule has 0 atom stereocenters. The first-order valence-electron chi connectivity index (χ1n) is 10.1. The van der Waals surface area contributed by atoms with Crippen molar-refractivity contribution in [3.05, 3.63) is 45.9 Å². The highest BCUT2D eigenvalue weighted by Gasteiger charge is 2.22. The van der Waals surface area contributed by atoms with Crippen molar-refractivity contribution in [1.29, 1.82) is 0 Å². The highest BCUT2D eigenvalue weighted by molar-refractivity contribution is 5.93. The lowest BCUT2D eigenvalue weighted by Gasteiger charge is -2.17. The van der Waals surface area contributed by atoms with E-state index >= 15 is 0 Å². The third-order valence-corrected chi connectivity index (χ3v) is 5.26. The van der Waals surface area contributed by atoms with Crippen LogP contribution < -0.4 is 5.32 Å². The molecule has 4 nitrogen and oxygen atoms in total. The Balaban J connectivity index is 0.00000280. The van der Waals surface area contributed by atoms with Gasteiger partial charge < -0.3 is 5.32 Å². The second-order valence-corrected chi connectivity index (χ2v) is 7.61. The molecule has 0 aliphatic carbocycles. The molecule has 5 heteroatoms. The van der Waals surface area contributed by atoms with Gasteiger partial charge in [-0.1, -0.05) is 31.0 Å². The van der Waals surface area contributed by atoms with Crippen molar-refractivity contribution in [3.63, 3.8) is 0 Å². The van der Waals surface area contributed by atoms with Gasteiger partial charge in [0.1, 0.15) is 11.6 Å². The molecule has 0 unspecified atom stereocenters. The smallest absolute Gasteiger partial charge is 0.150 e. The Morgan fingerprint density at radius 1 is 0.964 bits per heavy atom. The van der Waals surface area contributed by atoms with E-state index in [4.69, 9.17) is 9.97 Å². The van der Waals surface area contributed by atoms with Crippen LogP contribution >= 0.6 is 12.4 Å². The number of nitrogens with zero attached hydrogens (tertiary/aromatic N) is 3. The van der Waals surface area contributed by atoms with E-state index in [1.54, 1.807) is 0 Å². The first-order valence-corrected chi connectivity index (χ1v) is 10.1. The SMILES string of the molecule is CCCCc1c(C)c2c(NCC)nc(C)nc2n1-c1c(C)cc(C)cc1C.Cl. The Morgan fingerprint density at radius 2 is 1.61 bits per heavy atom. The molecule has 0 radical (unpaired) electrons. The zero-order valence-corrected chi connectivity index (χ0v) is 19.0. The van der Waals surface area contributed by atoms with E-state index in [1.807, 2.05) is 6.92 Å². The van der Waals surface area contributed by atoms with Gasteiger partial charge in [-0.05, 0) is 71.1 Å². The Labute approximate surface area is 175 Å². The van der Waals surface area contributed by atoms with Gasteiger partial charge in [0.15, 0.2) is 5.65 Å². The first-order chi connectivity index (χ1) is 12.9. The number of anilines is 1. The average Bonchev–Trinajstić information content (AvgIpc) is 2.84. The normalized spacial score (nSPS) is 11.0. The fraction of sp³-hybridized carbons (Fsp3) is 0.478. The molecule has 28 heavy (non-hydrogen) atoms. The minimum atomic E-state index is 0. The van der Waals surface area contributed by atoms with Crippen LogP contribution in [0.25, 0.3) is 16.7 Å². The van der Waals surface area contributed by atoms with Crippen LogP contribution in [0.4, 0.5) is 5.82 Å². The molecule has 2 aromatic heterocycles. The Kier molecular flexibility index (Phi) is 7.11. The van der Waals surface area contributed by atoms with Crippen LogP contribution in [0, 0.1) is 34.6 Å². The largest absolute Gasteiger partial charge is 0.370 e. The maximum Gasteiger partial charge on any atom is 0.150 e. The molecule has 152 valence electrons. The number of aryl methyl sites for hydroxylation is 5. The molecule has 0 bridgehead atoms. The molecule has 0 saturated heterocycles. The van der Waals surface area contributed by atoms with Gasteiger partial charge in [0.2, 0.25) is 0 Å². The third kappa shape index (κ3) is 3.88. The molecule has 3 rings (SSSR count). The van der Waals surface area contributed by atoms with Gasteiger partial charge >= 0.3 is 0 Å². The van der Waals surface area contributed by atoms with Gasteiger partial charge in [-0.15, -0.1) is 12.4 Å². The van der Waals surface area contributed by atoms with Crippen LogP contribution in [0.2, 0.25) is 0 Å². The van der Waals surface area contributed by atoms with Crippen LogP contribution in [0.5, 0.6) is 0 Å². The number of fused-ring (bicyclic) bond motifs is 1. The number of nitrogens with one attached hydrogen (secondary N) is 1. The van der Waals surface area contributed by atoms with Gasteiger partial charge in [-0.3, -0.25) is 4.57 Å². The maximum absolute atomic E-state index is 4.90. The second-order valence-electron chi connectivity index (χ2n) is 7.61. The van der Waals surface area contributed by atoms with Gasteiger partial charge in [0.05, 0.1) is 11.1 Å². The number of hydrogen-bond donors (Lipinski definition) is 1. The number of unbranched alkanes of at least 4 members (excludes halogenated alkanes) is 1. The molecule has 0 spiro atoms. The van der Waals surface area contributed by atoms with Crippen molar-refractivity contribution in [2.24, 2.45) is 0 Å². The highest BCUT2D eigenvalue weighted by Crippen LogP contribution is 2.35. The topological polar surface area (TPSA) is 42.7 Å². The summed E-state index contributed by atoms with van der Waals surface area (Å²) in [6.07, 6.45) is 3.40. The molecule has 2 heterocycles. The molecule has 0 aliphatic heterocycles. The van der Waals surface area contributed by atoms with Crippen LogP contribution in [0.3, 0.4) is 0 Å². The predicted molar refractivity (Wildman–Crippen MR) is 123 cm³/mol. The molecule has 0 saturated carbocycles. The van der Waals surface area contributed by atoms with Crippen molar-refractivity contribution in [2.45, 2.75) is 67.7 Å². The van der Waals surface area contributed by atoms with Crippen molar-refractivity contribution < 1.29 is 0 Å². The minimum Gasteiger partial charge on any atom is -0.370 e. The summed E-state index contributed by atoms with van der Waals surface area (Å²) in [4.78, 5) is 9.60. The lowest BCUT2D eigenvalue weighted by atomic mass is 10.0. The van der Waals surface area contributed by atoms with E-state index in [0.29, 0.717) is 0 Å².